The molecule has 1 radical (unpaired) electrons. The molecule has 0 saturated carbocycles. The molecule has 0 fully saturated rings. The first-order chi connectivity index (χ1) is 14.7. The molecule has 4 aromatic rings. The topological polar surface area (TPSA) is 12.0 Å². The van der Waals surface area contributed by atoms with Gasteiger partial charge in [-0.2, -0.15) is 0 Å². The maximum absolute atomic E-state index is 6.25. The fraction of sp³-hybridized carbons (Fsp3) is 0.111. The van der Waals surface area contributed by atoms with E-state index in [9.17, 15) is 0 Å². The van der Waals surface area contributed by atoms with E-state index in [2.05, 4.69) is 78.1 Å². The van der Waals surface area contributed by atoms with Crippen molar-refractivity contribution in [3.8, 4) is 11.1 Å². The van der Waals surface area contributed by atoms with Gasteiger partial charge in [0.25, 0.3) is 0 Å². The lowest BCUT2D eigenvalue weighted by atomic mass is 9.99. The highest BCUT2D eigenvalue weighted by atomic mass is 35.5. The lowest BCUT2D eigenvalue weighted by Gasteiger charge is -2.10. The van der Waals surface area contributed by atoms with Crippen LogP contribution >= 0.6 is 23.2 Å². The lowest BCUT2D eigenvalue weighted by Crippen LogP contribution is -1.92. The molecule has 0 bridgehead atoms. The summed E-state index contributed by atoms with van der Waals surface area (Å²) in [6.45, 7) is 0. The van der Waals surface area contributed by atoms with Gasteiger partial charge >= 0.3 is 0 Å². The second-order valence-electron chi connectivity index (χ2n) is 7.28. The molecule has 0 aliphatic carbocycles. The van der Waals surface area contributed by atoms with Crippen molar-refractivity contribution in [2.24, 2.45) is 0 Å². The molecule has 0 heterocycles. The van der Waals surface area contributed by atoms with Crippen molar-refractivity contribution in [1.29, 1.82) is 0 Å². The van der Waals surface area contributed by atoms with Gasteiger partial charge in [0, 0.05) is 10.7 Å². The minimum Gasteiger partial charge on any atom is -0.354 e. The Morgan fingerprint density at radius 1 is 0.733 bits per heavy atom. The third-order valence-electron chi connectivity index (χ3n) is 5.05. The SMILES string of the molecule is Clc1ccc(Nc2ccc(-c3[c]ccc(CCCc4ccccc4)c3)cc2)c(Cl)c1. The molecular weight excluding hydrogens is 409 g/mol. The summed E-state index contributed by atoms with van der Waals surface area (Å²) >= 11 is 12.2. The molecule has 0 aliphatic heterocycles. The predicted octanol–water partition coefficient (Wildman–Crippen LogP) is 8.38. The van der Waals surface area contributed by atoms with Gasteiger partial charge in [-0.1, -0.05) is 83.9 Å². The first-order valence-electron chi connectivity index (χ1n) is 10.0. The molecule has 0 unspecified atom stereocenters. The standard InChI is InChI=1S/C27H22Cl2N/c28-24-14-17-27(26(29)19-24)30-25-15-12-22(13-16-25)23-11-5-10-21(18-23)9-4-8-20-6-2-1-3-7-20/h1-3,5-7,10,12-19,30H,4,8-9H2. The molecule has 30 heavy (non-hydrogen) atoms. The smallest absolute Gasteiger partial charge is 0.0655 e. The van der Waals surface area contributed by atoms with Crippen LogP contribution in [-0.2, 0) is 12.8 Å². The molecular formula is C27H22Cl2N. The molecule has 149 valence electrons. The summed E-state index contributed by atoms with van der Waals surface area (Å²) in [4.78, 5) is 0. The predicted molar refractivity (Wildman–Crippen MR) is 129 cm³/mol. The van der Waals surface area contributed by atoms with Gasteiger partial charge in [0.05, 0.1) is 10.7 Å². The summed E-state index contributed by atoms with van der Waals surface area (Å²) in [5.74, 6) is 0. The average molecular weight is 431 g/mol. The van der Waals surface area contributed by atoms with Crippen molar-refractivity contribution in [2.75, 3.05) is 5.32 Å². The van der Waals surface area contributed by atoms with Crippen LogP contribution in [0.15, 0.2) is 91.0 Å². The Labute approximate surface area is 188 Å². The molecule has 4 rings (SSSR count). The van der Waals surface area contributed by atoms with Crippen LogP contribution in [-0.4, -0.2) is 0 Å². The Hall–Kier alpha value is -2.74. The van der Waals surface area contributed by atoms with Gasteiger partial charge in [0.15, 0.2) is 0 Å². The number of hydrogen-bond donors (Lipinski definition) is 1. The minimum absolute atomic E-state index is 0.600. The summed E-state index contributed by atoms with van der Waals surface area (Å²) in [5, 5.41) is 4.56. The van der Waals surface area contributed by atoms with Crippen LogP contribution in [0.4, 0.5) is 11.4 Å². The van der Waals surface area contributed by atoms with E-state index in [1.807, 2.05) is 18.2 Å². The quantitative estimate of drug-likeness (QED) is 0.310. The Balaban J connectivity index is 1.40. The van der Waals surface area contributed by atoms with Gasteiger partial charge in [-0.15, -0.1) is 0 Å². The van der Waals surface area contributed by atoms with Gasteiger partial charge in [0.1, 0.15) is 0 Å². The Morgan fingerprint density at radius 3 is 2.27 bits per heavy atom. The minimum atomic E-state index is 0.600. The first-order valence-corrected chi connectivity index (χ1v) is 10.8. The zero-order chi connectivity index (χ0) is 20.8. The van der Waals surface area contributed by atoms with Gasteiger partial charge < -0.3 is 5.32 Å². The van der Waals surface area contributed by atoms with Crippen LogP contribution in [0, 0.1) is 6.07 Å². The van der Waals surface area contributed by atoms with Crippen molar-refractivity contribution < 1.29 is 0 Å². The number of halogens is 2. The van der Waals surface area contributed by atoms with Crippen molar-refractivity contribution in [3.05, 3.63) is 118 Å². The Morgan fingerprint density at radius 2 is 1.50 bits per heavy atom. The maximum Gasteiger partial charge on any atom is 0.0655 e. The van der Waals surface area contributed by atoms with E-state index in [0.29, 0.717) is 10.0 Å². The lowest BCUT2D eigenvalue weighted by molar-refractivity contribution is 0.821. The van der Waals surface area contributed by atoms with Crippen LogP contribution in [0.2, 0.25) is 10.0 Å². The van der Waals surface area contributed by atoms with Crippen LogP contribution in [0.5, 0.6) is 0 Å². The second kappa shape index (κ2) is 9.84. The number of benzene rings is 4. The van der Waals surface area contributed by atoms with Crippen LogP contribution < -0.4 is 5.32 Å². The number of rotatable bonds is 7. The summed E-state index contributed by atoms with van der Waals surface area (Å²) in [6, 6.07) is 34.2. The Bertz CT molecular complexity index is 1110. The third kappa shape index (κ3) is 5.44. The van der Waals surface area contributed by atoms with Crippen LogP contribution in [0.25, 0.3) is 11.1 Å². The van der Waals surface area contributed by atoms with Crippen LogP contribution in [0.3, 0.4) is 0 Å². The Kier molecular flexibility index (Phi) is 6.74. The van der Waals surface area contributed by atoms with Gasteiger partial charge in [0.2, 0.25) is 0 Å². The zero-order valence-electron chi connectivity index (χ0n) is 16.5. The molecule has 4 aromatic carbocycles. The van der Waals surface area contributed by atoms with E-state index in [4.69, 9.17) is 23.2 Å². The number of nitrogens with one attached hydrogen (secondary N) is 1. The van der Waals surface area contributed by atoms with Gasteiger partial charge in [-0.3, -0.25) is 0 Å². The molecule has 0 atom stereocenters. The molecule has 3 heteroatoms. The largest absolute Gasteiger partial charge is 0.354 e. The summed E-state index contributed by atoms with van der Waals surface area (Å²) in [7, 11) is 0. The third-order valence-corrected chi connectivity index (χ3v) is 5.59. The van der Waals surface area contributed by atoms with Crippen molar-refractivity contribution in [3.63, 3.8) is 0 Å². The fourth-order valence-corrected chi connectivity index (χ4v) is 3.91. The normalized spacial score (nSPS) is 10.7. The molecule has 1 N–H and O–H groups in total. The van der Waals surface area contributed by atoms with E-state index in [1.165, 1.54) is 11.1 Å². The molecule has 0 spiro atoms. The first kappa shape index (κ1) is 20.5. The van der Waals surface area contributed by atoms with E-state index in [-0.39, 0.29) is 0 Å². The maximum atomic E-state index is 6.25. The number of anilines is 2. The van der Waals surface area contributed by atoms with Gasteiger partial charge in [-0.05, 0) is 77.9 Å². The van der Waals surface area contributed by atoms with E-state index in [0.717, 1.165) is 41.8 Å². The van der Waals surface area contributed by atoms with E-state index >= 15 is 0 Å². The molecule has 0 saturated heterocycles. The highest BCUT2D eigenvalue weighted by Crippen LogP contribution is 2.29. The molecule has 1 nitrogen and oxygen atoms in total. The van der Waals surface area contributed by atoms with E-state index in [1.54, 1.807) is 6.07 Å². The number of hydrogen-bond acceptors (Lipinski definition) is 1. The average Bonchev–Trinajstić information content (AvgIpc) is 2.77. The summed E-state index contributed by atoms with van der Waals surface area (Å²) < 4.78 is 0. The van der Waals surface area contributed by atoms with Crippen molar-refractivity contribution in [1.82, 2.24) is 0 Å². The molecule has 0 aromatic heterocycles. The zero-order valence-corrected chi connectivity index (χ0v) is 18.0. The fourth-order valence-electron chi connectivity index (χ4n) is 3.46. The van der Waals surface area contributed by atoms with Gasteiger partial charge in [-0.25, -0.2) is 0 Å². The molecule has 0 aliphatic rings. The van der Waals surface area contributed by atoms with Crippen molar-refractivity contribution in [2.45, 2.75) is 19.3 Å². The summed E-state index contributed by atoms with van der Waals surface area (Å²) in [6.07, 6.45) is 3.30. The van der Waals surface area contributed by atoms with Crippen LogP contribution in [0.1, 0.15) is 17.5 Å². The van der Waals surface area contributed by atoms with Crippen molar-refractivity contribution >= 4 is 34.6 Å². The monoisotopic (exact) mass is 430 g/mol. The number of aryl methyl sites for hydroxylation is 2. The second-order valence-corrected chi connectivity index (χ2v) is 8.12. The highest BCUT2D eigenvalue weighted by Gasteiger charge is 2.04. The van der Waals surface area contributed by atoms with E-state index < -0.39 is 0 Å². The highest BCUT2D eigenvalue weighted by molar-refractivity contribution is 6.36. The molecule has 0 amide bonds. The summed E-state index contributed by atoms with van der Waals surface area (Å²) in [5.41, 5.74) is 6.80.